The van der Waals surface area contributed by atoms with E-state index in [1.807, 2.05) is 36.4 Å². The molecule has 0 radical (unpaired) electrons. The predicted molar refractivity (Wildman–Crippen MR) is 79.7 cm³/mol. The lowest BCUT2D eigenvalue weighted by molar-refractivity contribution is 0.969. The van der Waals surface area contributed by atoms with Crippen molar-refractivity contribution < 1.29 is 0 Å². The van der Waals surface area contributed by atoms with Gasteiger partial charge < -0.3 is 5.73 Å². The minimum Gasteiger partial charge on any atom is -0.330 e. The molecule has 0 unspecified atom stereocenters. The zero-order valence-electron chi connectivity index (χ0n) is 9.59. The topological polar surface area (TPSA) is 26.0 Å². The van der Waals surface area contributed by atoms with Crippen LogP contribution in [0.15, 0.2) is 36.4 Å². The molecule has 0 heterocycles. The highest BCUT2D eigenvalue weighted by molar-refractivity contribution is 6.37. The molecule has 4 heteroatoms. The molecule has 94 valence electrons. The minimum absolute atomic E-state index is 0.517. The number of rotatable bonds is 3. The van der Waals surface area contributed by atoms with Crippen LogP contribution in [-0.4, -0.2) is 6.54 Å². The Morgan fingerprint density at radius 3 is 2.17 bits per heavy atom. The molecule has 0 fully saturated rings. The van der Waals surface area contributed by atoms with E-state index in [9.17, 15) is 0 Å². The summed E-state index contributed by atoms with van der Waals surface area (Å²) in [6, 6.07) is 11.3. The van der Waals surface area contributed by atoms with E-state index in [2.05, 4.69) is 0 Å². The predicted octanol–water partition coefficient (Wildman–Crippen LogP) is 4.82. The lowest BCUT2D eigenvalue weighted by Crippen LogP contribution is -2.04. The van der Waals surface area contributed by atoms with E-state index in [-0.39, 0.29) is 0 Å². The average Bonchev–Trinajstić information content (AvgIpc) is 2.36. The fraction of sp³-hybridized carbons (Fsp3) is 0.143. The van der Waals surface area contributed by atoms with Crippen LogP contribution in [0.1, 0.15) is 5.56 Å². The molecule has 2 aromatic carbocycles. The van der Waals surface area contributed by atoms with Crippen LogP contribution in [0.25, 0.3) is 11.1 Å². The summed E-state index contributed by atoms with van der Waals surface area (Å²) in [4.78, 5) is 0. The van der Waals surface area contributed by atoms with Crippen molar-refractivity contribution in [1.82, 2.24) is 0 Å². The lowest BCUT2D eigenvalue weighted by atomic mass is 10.0. The smallest absolute Gasteiger partial charge is 0.0531 e. The first-order chi connectivity index (χ1) is 8.63. The van der Waals surface area contributed by atoms with Crippen molar-refractivity contribution in [3.63, 3.8) is 0 Å². The Labute approximate surface area is 121 Å². The highest BCUT2D eigenvalue weighted by Gasteiger charge is 2.11. The second-order valence-electron chi connectivity index (χ2n) is 3.93. The summed E-state index contributed by atoms with van der Waals surface area (Å²) >= 11 is 18.4. The summed E-state index contributed by atoms with van der Waals surface area (Å²) in [5.74, 6) is 0. The van der Waals surface area contributed by atoms with Gasteiger partial charge in [-0.1, -0.05) is 53.0 Å². The first-order valence-electron chi connectivity index (χ1n) is 5.56. The van der Waals surface area contributed by atoms with Gasteiger partial charge in [-0.2, -0.15) is 0 Å². The normalized spacial score (nSPS) is 10.7. The van der Waals surface area contributed by atoms with Gasteiger partial charge in [0.05, 0.1) is 5.02 Å². The number of halogens is 3. The molecule has 1 nitrogen and oxygen atoms in total. The van der Waals surface area contributed by atoms with Crippen molar-refractivity contribution in [2.24, 2.45) is 5.73 Å². The van der Waals surface area contributed by atoms with Gasteiger partial charge in [-0.05, 0) is 42.3 Å². The van der Waals surface area contributed by atoms with E-state index in [1.54, 1.807) is 0 Å². The Hall–Kier alpha value is -0.730. The quantitative estimate of drug-likeness (QED) is 0.864. The molecule has 0 amide bonds. The number of hydrogen-bond acceptors (Lipinski definition) is 1. The maximum Gasteiger partial charge on any atom is 0.0531 e. The third-order valence-electron chi connectivity index (χ3n) is 2.74. The average molecular weight is 301 g/mol. The van der Waals surface area contributed by atoms with Crippen LogP contribution in [0, 0.1) is 0 Å². The molecule has 0 aliphatic heterocycles. The molecule has 0 aliphatic carbocycles. The SMILES string of the molecule is NCCc1c(Cl)ccc(-c2ccc(Cl)cc2)c1Cl. The third kappa shape index (κ3) is 2.81. The van der Waals surface area contributed by atoms with Gasteiger partial charge in [0.1, 0.15) is 0 Å². The van der Waals surface area contributed by atoms with E-state index in [4.69, 9.17) is 40.5 Å². The first-order valence-corrected chi connectivity index (χ1v) is 6.69. The summed E-state index contributed by atoms with van der Waals surface area (Å²) < 4.78 is 0. The molecular weight excluding hydrogens is 289 g/mol. The van der Waals surface area contributed by atoms with Crippen molar-refractivity contribution in [3.05, 3.63) is 57.0 Å². The summed E-state index contributed by atoms with van der Waals surface area (Å²) in [6.45, 7) is 0.517. The molecule has 0 aliphatic rings. The molecule has 2 rings (SSSR count). The van der Waals surface area contributed by atoms with Gasteiger partial charge in [0.15, 0.2) is 0 Å². The summed E-state index contributed by atoms with van der Waals surface area (Å²) in [5.41, 5.74) is 8.43. The summed E-state index contributed by atoms with van der Waals surface area (Å²) in [7, 11) is 0. The molecule has 0 saturated carbocycles. The zero-order chi connectivity index (χ0) is 13.1. The minimum atomic E-state index is 0.517. The van der Waals surface area contributed by atoms with Gasteiger partial charge in [-0.15, -0.1) is 0 Å². The van der Waals surface area contributed by atoms with Gasteiger partial charge >= 0.3 is 0 Å². The van der Waals surface area contributed by atoms with E-state index in [1.165, 1.54) is 0 Å². The van der Waals surface area contributed by atoms with Crippen molar-refractivity contribution in [2.75, 3.05) is 6.54 Å². The number of nitrogens with two attached hydrogens (primary N) is 1. The Kier molecular flexibility index (Phi) is 4.52. The van der Waals surface area contributed by atoms with Crippen molar-refractivity contribution in [2.45, 2.75) is 6.42 Å². The van der Waals surface area contributed by atoms with Gasteiger partial charge in [0, 0.05) is 15.6 Å². The molecule has 0 atom stereocenters. The zero-order valence-corrected chi connectivity index (χ0v) is 11.9. The van der Waals surface area contributed by atoms with Crippen LogP contribution in [-0.2, 0) is 6.42 Å². The second-order valence-corrected chi connectivity index (χ2v) is 5.15. The number of hydrogen-bond donors (Lipinski definition) is 1. The Morgan fingerprint density at radius 1 is 0.889 bits per heavy atom. The fourth-order valence-electron chi connectivity index (χ4n) is 1.82. The summed E-state index contributed by atoms with van der Waals surface area (Å²) in [5, 5.41) is 2.02. The second kappa shape index (κ2) is 5.94. The highest BCUT2D eigenvalue weighted by atomic mass is 35.5. The molecule has 2 aromatic rings. The van der Waals surface area contributed by atoms with E-state index in [0.29, 0.717) is 28.0 Å². The molecular formula is C14H12Cl3N. The summed E-state index contributed by atoms with van der Waals surface area (Å²) in [6.07, 6.45) is 0.666. The maximum atomic E-state index is 6.39. The molecule has 2 N–H and O–H groups in total. The van der Waals surface area contributed by atoms with Crippen LogP contribution in [0.3, 0.4) is 0 Å². The molecule has 18 heavy (non-hydrogen) atoms. The Bertz CT molecular complexity index is 550. The molecule has 0 saturated heterocycles. The fourth-order valence-corrected chi connectivity index (χ4v) is 2.62. The van der Waals surface area contributed by atoms with Crippen LogP contribution < -0.4 is 5.73 Å². The Balaban J connectivity index is 2.51. The Morgan fingerprint density at radius 2 is 1.56 bits per heavy atom. The largest absolute Gasteiger partial charge is 0.330 e. The van der Waals surface area contributed by atoms with Crippen LogP contribution in [0.5, 0.6) is 0 Å². The van der Waals surface area contributed by atoms with Gasteiger partial charge in [-0.25, -0.2) is 0 Å². The van der Waals surface area contributed by atoms with Crippen LogP contribution in [0.4, 0.5) is 0 Å². The van der Waals surface area contributed by atoms with Gasteiger partial charge in [0.2, 0.25) is 0 Å². The molecule has 0 bridgehead atoms. The van der Waals surface area contributed by atoms with Crippen LogP contribution in [0.2, 0.25) is 15.1 Å². The molecule has 0 spiro atoms. The molecule has 0 aromatic heterocycles. The standard InChI is InChI=1S/C14H12Cl3N/c15-10-3-1-9(2-4-10)11-5-6-13(16)12(7-8-18)14(11)17/h1-6H,7-8,18H2. The monoisotopic (exact) mass is 299 g/mol. The van der Waals surface area contributed by atoms with E-state index < -0.39 is 0 Å². The number of benzene rings is 2. The van der Waals surface area contributed by atoms with E-state index in [0.717, 1.165) is 16.7 Å². The van der Waals surface area contributed by atoms with Crippen molar-refractivity contribution in [3.8, 4) is 11.1 Å². The lowest BCUT2D eigenvalue weighted by Gasteiger charge is -2.11. The van der Waals surface area contributed by atoms with Gasteiger partial charge in [-0.3, -0.25) is 0 Å². The maximum absolute atomic E-state index is 6.39. The van der Waals surface area contributed by atoms with Gasteiger partial charge in [0.25, 0.3) is 0 Å². The highest BCUT2D eigenvalue weighted by Crippen LogP contribution is 2.35. The first kappa shape index (κ1) is 13.7. The van der Waals surface area contributed by atoms with Crippen molar-refractivity contribution >= 4 is 34.8 Å². The van der Waals surface area contributed by atoms with E-state index >= 15 is 0 Å². The van der Waals surface area contributed by atoms with Crippen LogP contribution >= 0.6 is 34.8 Å². The third-order valence-corrected chi connectivity index (χ3v) is 3.77. The van der Waals surface area contributed by atoms with Crippen molar-refractivity contribution in [1.29, 1.82) is 0 Å².